The molecule has 4 nitrogen and oxygen atoms in total. The van der Waals surface area contributed by atoms with Gasteiger partial charge < -0.3 is 15.5 Å². The standard InChI is InChI=1S/C14H21N3O/c1-10-5-4-6-12(11(10)2)16-14(18)13-9-17(3)8-7-15-13/h4-6,13,15H,7-9H2,1-3H3,(H,16,18). The first-order valence-corrected chi connectivity index (χ1v) is 6.37. The number of nitrogens with one attached hydrogen (secondary N) is 2. The highest BCUT2D eigenvalue weighted by molar-refractivity contribution is 5.95. The Morgan fingerprint density at radius 2 is 2.22 bits per heavy atom. The Kier molecular flexibility index (Phi) is 3.99. The number of carbonyl (C=O) groups excluding carboxylic acids is 1. The first kappa shape index (κ1) is 13.1. The van der Waals surface area contributed by atoms with Crippen molar-refractivity contribution in [1.29, 1.82) is 0 Å². The summed E-state index contributed by atoms with van der Waals surface area (Å²) in [4.78, 5) is 14.3. The van der Waals surface area contributed by atoms with Gasteiger partial charge >= 0.3 is 0 Å². The Morgan fingerprint density at radius 3 is 2.94 bits per heavy atom. The molecule has 18 heavy (non-hydrogen) atoms. The molecule has 0 bridgehead atoms. The van der Waals surface area contributed by atoms with E-state index in [0.29, 0.717) is 0 Å². The highest BCUT2D eigenvalue weighted by atomic mass is 16.2. The second-order valence-corrected chi connectivity index (χ2v) is 5.01. The highest BCUT2D eigenvalue weighted by Crippen LogP contribution is 2.18. The van der Waals surface area contributed by atoms with E-state index in [1.54, 1.807) is 0 Å². The molecule has 0 spiro atoms. The fourth-order valence-electron chi connectivity index (χ4n) is 2.18. The van der Waals surface area contributed by atoms with Crippen molar-refractivity contribution in [3.63, 3.8) is 0 Å². The lowest BCUT2D eigenvalue weighted by molar-refractivity contribution is -0.119. The van der Waals surface area contributed by atoms with Gasteiger partial charge in [0.1, 0.15) is 0 Å². The molecule has 0 radical (unpaired) electrons. The molecule has 2 rings (SSSR count). The van der Waals surface area contributed by atoms with Gasteiger partial charge in [-0.2, -0.15) is 0 Å². The summed E-state index contributed by atoms with van der Waals surface area (Å²) in [5.41, 5.74) is 3.24. The van der Waals surface area contributed by atoms with E-state index in [-0.39, 0.29) is 11.9 Å². The molecule has 1 aromatic carbocycles. The zero-order valence-electron chi connectivity index (χ0n) is 11.3. The molecule has 0 aliphatic carbocycles. The molecule has 0 saturated carbocycles. The number of anilines is 1. The van der Waals surface area contributed by atoms with Crippen molar-refractivity contribution in [2.75, 3.05) is 32.0 Å². The average Bonchev–Trinajstić information content (AvgIpc) is 2.35. The lowest BCUT2D eigenvalue weighted by Crippen LogP contribution is -2.54. The zero-order chi connectivity index (χ0) is 13.1. The number of benzene rings is 1. The normalized spacial score (nSPS) is 20.7. The van der Waals surface area contributed by atoms with Gasteiger partial charge in [0.05, 0.1) is 6.04 Å². The van der Waals surface area contributed by atoms with E-state index >= 15 is 0 Å². The second-order valence-electron chi connectivity index (χ2n) is 5.01. The number of rotatable bonds is 2. The van der Waals surface area contributed by atoms with Gasteiger partial charge in [-0.1, -0.05) is 12.1 Å². The summed E-state index contributed by atoms with van der Waals surface area (Å²) in [5.74, 6) is 0.0512. The third-order valence-corrected chi connectivity index (χ3v) is 3.56. The quantitative estimate of drug-likeness (QED) is 0.824. The van der Waals surface area contributed by atoms with Crippen molar-refractivity contribution in [1.82, 2.24) is 10.2 Å². The SMILES string of the molecule is Cc1cccc(NC(=O)C2CN(C)CCN2)c1C. The number of likely N-dealkylation sites (N-methyl/N-ethyl adjacent to an activating group) is 1. The molecule has 98 valence electrons. The molecule has 4 heteroatoms. The number of hydrogen-bond acceptors (Lipinski definition) is 3. The summed E-state index contributed by atoms with van der Waals surface area (Å²) in [6, 6.07) is 5.85. The monoisotopic (exact) mass is 247 g/mol. The summed E-state index contributed by atoms with van der Waals surface area (Å²) in [6.07, 6.45) is 0. The molecular weight excluding hydrogens is 226 g/mol. The first-order valence-electron chi connectivity index (χ1n) is 6.37. The molecule has 1 aromatic rings. The Labute approximate surface area is 108 Å². The number of amides is 1. The fourth-order valence-corrected chi connectivity index (χ4v) is 2.18. The maximum absolute atomic E-state index is 12.2. The summed E-state index contributed by atoms with van der Waals surface area (Å²) >= 11 is 0. The number of piperazine rings is 1. The van der Waals surface area contributed by atoms with Crippen molar-refractivity contribution in [2.24, 2.45) is 0 Å². The van der Waals surface area contributed by atoms with Crippen molar-refractivity contribution >= 4 is 11.6 Å². The highest BCUT2D eigenvalue weighted by Gasteiger charge is 2.23. The van der Waals surface area contributed by atoms with Crippen LogP contribution in [0.1, 0.15) is 11.1 Å². The number of hydrogen-bond donors (Lipinski definition) is 2. The van der Waals surface area contributed by atoms with E-state index < -0.39 is 0 Å². The van der Waals surface area contributed by atoms with Gasteiger partial charge in [0.15, 0.2) is 0 Å². The van der Waals surface area contributed by atoms with Gasteiger partial charge in [0.25, 0.3) is 0 Å². The largest absolute Gasteiger partial charge is 0.324 e. The lowest BCUT2D eigenvalue weighted by atomic mass is 10.1. The molecule has 1 amide bonds. The molecule has 2 N–H and O–H groups in total. The van der Waals surface area contributed by atoms with Crippen LogP contribution in [0.15, 0.2) is 18.2 Å². The van der Waals surface area contributed by atoms with Gasteiger partial charge in [-0.25, -0.2) is 0 Å². The van der Waals surface area contributed by atoms with Gasteiger partial charge in [0.2, 0.25) is 5.91 Å². The van der Waals surface area contributed by atoms with E-state index in [0.717, 1.165) is 30.9 Å². The third kappa shape index (κ3) is 2.89. The van der Waals surface area contributed by atoms with E-state index in [1.165, 1.54) is 5.56 Å². The predicted molar refractivity (Wildman–Crippen MR) is 73.8 cm³/mol. The Morgan fingerprint density at radius 1 is 1.44 bits per heavy atom. The molecule has 1 atom stereocenters. The van der Waals surface area contributed by atoms with Crippen molar-refractivity contribution in [3.8, 4) is 0 Å². The zero-order valence-corrected chi connectivity index (χ0v) is 11.3. The first-order chi connectivity index (χ1) is 8.58. The molecule has 1 aliphatic rings. The second kappa shape index (κ2) is 5.50. The van der Waals surface area contributed by atoms with E-state index in [4.69, 9.17) is 0 Å². The van der Waals surface area contributed by atoms with E-state index in [9.17, 15) is 4.79 Å². The lowest BCUT2D eigenvalue weighted by Gasteiger charge is -2.30. The molecule has 1 heterocycles. The molecule has 1 aliphatic heterocycles. The van der Waals surface area contributed by atoms with Crippen LogP contribution in [0.3, 0.4) is 0 Å². The van der Waals surface area contributed by atoms with Crippen molar-refractivity contribution < 1.29 is 4.79 Å². The minimum Gasteiger partial charge on any atom is -0.324 e. The van der Waals surface area contributed by atoms with Gasteiger partial charge in [-0.3, -0.25) is 4.79 Å². The minimum atomic E-state index is -0.122. The Bertz CT molecular complexity index is 445. The van der Waals surface area contributed by atoms with Crippen LogP contribution < -0.4 is 10.6 Å². The summed E-state index contributed by atoms with van der Waals surface area (Å²) in [6.45, 7) is 6.70. The van der Waals surface area contributed by atoms with Crippen molar-refractivity contribution in [3.05, 3.63) is 29.3 Å². The van der Waals surface area contributed by atoms with Crippen LogP contribution in [0, 0.1) is 13.8 Å². The smallest absolute Gasteiger partial charge is 0.242 e. The molecule has 1 unspecified atom stereocenters. The van der Waals surface area contributed by atoms with Crippen LogP contribution in [0.2, 0.25) is 0 Å². The van der Waals surface area contributed by atoms with Gasteiger partial charge in [0, 0.05) is 25.3 Å². The van der Waals surface area contributed by atoms with Crippen LogP contribution in [0.4, 0.5) is 5.69 Å². The number of nitrogens with zero attached hydrogens (tertiary/aromatic N) is 1. The summed E-state index contributed by atoms with van der Waals surface area (Å²) in [7, 11) is 2.04. The molecule has 1 saturated heterocycles. The summed E-state index contributed by atoms with van der Waals surface area (Å²) in [5, 5.41) is 6.26. The maximum Gasteiger partial charge on any atom is 0.242 e. The topological polar surface area (TPSA) is 44.4 Å². The van der Waals surface area contributed by atoms with Gasteiger partial charge in [-0.05, 0) is 38.1 Å². The van der Waals surface area contributed by atoms with Crippen LogP contribution >= 0.6 is 0 Å². The predicted octanol–water partition coefficient (Wildman–Crippen LogP) is 1.15. The molecule has 0 aromatic heterocycles. The molecule has 1 fully saturated rings. The van der Waals surface area contributed by atoms with E-state index in [1.807, 2.05) is 26.1 Å². The maximum atomic E-state index is 12.2. The third-order valence-electron chi connectivity index (χ3n) is 3.56. The average molecular weight is 247 g/mol. The number of carbonyl (C=O) groups is 1. The molecular formula is C14H21N3O. The van der Waals surface area contributed by atoms with E-state index in [2.05, 4.69) is 28.5 Å². The van der Waals surface area contributed by atoms with Crippen LogP contribution in [-0.2, 0) is 4.79 Å². The Hall–Kier alpha value is -1.39. The van der Waals surface area contributed by atoms with Gasteiger partial charge in [-0.15, -0.1) is 0 Å². The fraction of sp³-hybridized carbons (Fsp3) is 0.500. The number of aryl methyl sites for hydroxylation is 1. The minimum absolute atomic E-state index is 0.0512. The van der Waals surface area contributed by atoms with Crippen LogP contribution in [0.5, 0.6) is 0 Å². The van der Waals surface area contributed by atoms with Crippen LogP contribution in [0.25, 0.3) is 0 Å². The van der Waals surface area contributed by atoms with Crippen molar-refractivity contribution in [2.45, 2.75) is 19.9 Å². The Balaban J connectivity index is 2.04. The van der Waals surface area contributed by atoms with Crippen LogP contribution in [-0.4, -0.2) is 43.5 Å². The summed E-state index contributed by atoms with van der Waals surface area (Å²) < 4.78 is 0.